The number of phenols is 1. The van der Waals surface area contributed by atoms with Gasteiger partial charge in [-0.1, -0.05) is 36.4 Å². The maximum atomic E-state index is 11.4. The molecule has 2 N–H and O–H groups in total. The molecule has 0 heterocycles. The molecule has 0 aromatic heterocycles. The van der Waals surface area contributed by atoms with Gasteiger partial charge >= 0.3 is 5.97 Å². The van der Waals surface area contributed by atoms with Crippen LogP contribution in [-0.4, -0.2) is 30.3 Å². The van der Waals surface area contributed by atoms with Gasteiger partial charge in [-0.3, -0.25) is 0 Å². The lowest BCUT2D eigenvalue weighted by Crippen LogP contribution is -2.07. The Bertz CT molecular complexity index is 883. The van der Waals surface area contributed by atoms with Crippen LogP contribution in [0.3, 0.4) is 0 Å². The first-order valence-corrected chi connectivity index (χ1v) is 7.25. The van der Waals surface area contributed by atoms with Crippen molar-refractivity contribution in [2.45, 2.75) is 0 Å². The number of rotatable bonds is 3. The summed E-state index contributed by atoms with van der Waals surface area (Å²) in [7, 11) is 3.93. The fraction of sp³-hybridized carbons (Fsp3) is 0.105. The monoisotopic (exact) mass is 307 g/mol. The largest absolute Gasteiger partial charge is 0.506 e. The molecule has 0 fully saturated rings. The van der Waals surface area contributed by atoms with E-state index < -0.39 is 5.97 Å². The zero-order chi connectivity index (χ0) is 16.6. The van der Waals surface area contributed by atoms with Crippen molar-refractivity contribution in [2.24, 2.45) is 0 Å². The van der Waals surface area contributed by atoms with Gasteiger partial charge in [0.15, 0.2) is 0 Å². The number of aromatic carboxylic acids is 1. The van der Waals surface area contributed by atoms with Crippen molar-refractivity contribution in [1.29, 1.82) is 0 Å². The van der Waals surface area contributed by atoms with Crippen molar-refractivity contribution in [1.82, 2.24) is 0 Å². The molecule has 0 amide bonds. The number of carboxylic acids is 1. The molecule has 0 bridgehead atoms. The normalized spacial score (nSPS) is 10.7. The van der Waals surface area contributed by atoms with Crippen molar-refractivity contribution in [3.05, 3.63) is 60.2 Å². The van der Waals surface area contributed by atoms with Gasteiger partial charge in [-0.15, -0.1) is 0 Å². The second-order valence-electron chi connectivity index (χ2n) is 5.61. The average molecular weight is 307 g/mol. The second-order valence-corrected chi connectivity index (χ2v) is 5.61. The lowest BCUT2D eigenvalue weighted by Gasteiger charge is -2.14. The minimum absolute atomic E-state index is 0.0876. The Morgan fingerprint density at radius 3 is 2.13 bits per heavy atom. The Kier molecular flexibility index (Phi) is 3.66. The Hall–Kier alpha value is -3.01. The lowest BCUT2D eigenvalue weighted by molar-refractivity contribution is 0.0694. The van der Waals surface area contributed by atoms with E-state index in [1.165, 1.54) is 6.07 Å². The van der Waals surface area contributed by atoms with Crippen LogP contribution in [0.25, 0.3) is 21.9 Å². The van der Waals surface area contributed by atoms with Gasteiger partial charge in [-0.25, -0.2) is 4.79 Å². The molecule has 0 atom stereocenters. The number of benzene rings is 3. The van der Waals surface area contributed by atoms with E-state index in [1.807, 2.05) is 55.4 Å². The standard InChI is InChI=1S/C19H17NO3/c1-20(2)13-9-7-12(8-10-13)16-11-17(19(22)23)18(21)15-6-4-3-5-14(15)16/h3-11,21H,1-2H3,(H,22,23). The van der Waals surface area contributed by atoms with E-state index in [0.29, 0.717) is 5.39 Å². The number of fused-ring (bicyclic) bond motifs is 1. The van der Waals surface area contributed by atoms with Gasteiger partial charge in [-0.05, 0) is 34.7 Å². The SMILES string of the molecule is CN(C)c1ccc(-c2cc(C(=O)O)c(O)c3ccccc23)cc1. The summed E-state index contributed by atoms with van der Waals surface area (Å²) in [6.45, 7) is 0. The highest BCUT2D eigenvalue weighted by Crippen LogP contribution is 2.37. The van der Waals surface area contributed by atoms with E-state index in [9.17, 15) is 15.0 Å². The number of hydrogen-bond acceptors (Lipinski definition) is 3. The van der Waals surface area contributed by atoms with E-state index in [2.05, 4.69) is 0 Å². The Morgan fingerprint density at radius 2 is 1.57 bits per heavy atom. The van der Waals surface area contributed by atoms with E-state index in [4.69, 9.17) is 0 Å². The minimum Gasteiger partial charge on any atom is -0.506 e. The van der Waals surface area contributed by atoms with Crippen molar-refractivity contribution < 1.29 is 15.0 Å². The molecule has 3 aromatic carbocycles. The van der Waals surface area contributed by atoms with Crippen LogP contribution in [0, 0.1) is 0 Å². The van der Waals surface area contributed by atoms with Crippen LogP contribution in [-0.2, 0) is 0 Å². The highest BCUT2D eigenvalue weighted by Gasteiger charge is 2.17. The predicted octanol–water partition coefficient (Wildman–Crippen LogP) is 3.98. The van der Waals surface area contributed by atoms with Crippen LogP contribution in [0.2, 0.25) is 0 Å². The van der Waals surface area contributed by atoms with Gasteiger partial charge in [0, 0.05) is 25.2 Å². The maximum Gasteiger partial charge on any atom is 0.339 e. The first-order valence-electron chi connectivity index (χ1n) is 7.25. The van der Waals surface area contributed by atoms with Crippen molar-refractivity contribution in [2.75, 3.05) is 19.0 Å². The summed E-state index contributed by atoms with van der Waals surface area (Å²) in [4.78, 5) is 13.4. The number of aromatic hydroxyl groups is 1. The van der Waals surface area contributed by atoms with E-state index in [0.717, 1.165) is 22.2 Å². The highest BCUT2D eigenvalue weighted by molar-refractivity contribution is 6.07. The van der Waals surface area contributed by atoms with Crippen LogP contribution in [0.15, 0.2) is 54.6 Å². The van der Waals surface area contributed by atoms with E-state index in [-0.39, 0.29) is 11.3 Å². The average Bonchev–Trinajstić information content (AvgIpc) is 2.55. The molecule has 3 rings (SSSR count). The summed E-state index contributed by atoms with van der Waals surface area (Å²) in [5.74, 6) is -1.33. The van der Waals surface area contributed by atoms with Gasteiger partial charge in [0.1, 0.15) is 11.3 Å². The molecule has 0 aliphatic carbocycles. The number of carbonyl (C=O) groups is 1. The molecule has 0 radical (unpaired) electrons. The summed E-state index contributed by atoms with van der Waals surface area (Å²) < 4.78 is 0. The van der Waals surface area contributed by atoms with E-state index in [1.54, 1.807) is 12.1 Å². The Morgan fingerprint density at radius 1 is 0.957 bits per heavy atom. The Labute approximate surface area is 134 Å². The molecular formula is C19H17NO3. The van der Waals surface area contributed by atoms with Crippen molar-refractivity contribution >= 4 is 22.4 Å². The van der Waals surface area contributed by atoms with Crippen LogP contribution >= 0.6 is 0 Å². The smallest absolute Gasteiger partial charge is 0.339 e. The third-order valence-corrected chi connectivity index (χ3v) is 3.94. The first-order chi connectivity index (χ1) is 11.0. The van der Waals surface area contributed by atoms with Gasteiger partial charge in [0.25, 0.3) is 0 Å². The van der Waals surface area contributed by atoms with E-state index >= 15 is 0 Å². The molecular weight excluding hydrogens is 290 g/mol. The highest BCUT2D eigenvalue weighted by atomic mass is 16.4. The van der Waals surface area contributed by atoms with Crippen molar-refractivity contribution in [3.8, 4) is 16.9 Å². The molecule has 23 heavy (non-hydrogen) atoms. The quantitative estimate of drug-likeness (QED) is 0.768. The molecule has 0 aliphatic rings. The third kappa shape index (κ3) is 2.59. The van der Waals surface area contributed by atoms with Gasteiger partial charge in [-0.2, -0.15) is 0 Å². The maximum absolute atomic E-state index is 11.4. The van der Waals surface area contributed by atoms with Crippen LogP contribution in [0.1, 0.15) is 10.4 Å². The minimum atomic E-state index is -1.14. The fourth-order valence-electron chi connectivity index (χ4n) is 2.70. The van der Waals surface area contributed by atoms with Crippen molar-refractivity contribution in [3.63, 3.8) is 0 Å². The summed E-state index contributed by atoms with van der Waals surface area (Å²) >= 11 is 0. The molecule has 0 saturated carbocycles. The molecule has 3 aromatic rings. The topological polar surface area (TPSA) is 60.8 Å². The molecule has 0 aliphatic heterocycles. The number of nitrogens with zero attached hydrogens (tertiary/aromatic N) is 1. The summed E-state index contributed by atoms with van der Waals surface area (Å²) in [6.07, 6.45) is 0. The molecule has 0 unspecified atom stereocenters. The second kappa shape index (κ2) is 5.65. The van der Waals surface area contributed by atoms with Gasteiger partial charge in [0.2, 0.25) is 0 Å². The summed E-state index contributed by atoms with van der Waals surface area (Å²) in [5, 5.41) is 20.9. The van der Waals surface area contributed by atoms with Crippen LogP contribution in [0.5, 0.6) is 5.75 Å². The lowest BCUT2D eigenvalue weighted by atomic mass is 9.94. The number of hydrogen-bond donors (Lipinski definition) is 2. The first kappa shape index (κ1) is 14.9. The molecule has 4 nitrogen and oxygen atoms in total. The molecule has 4 heteroatoms. The fourth-order valence-corrected chi connectivity index (χ4v) is 2.70. The predicted molar refractivity (Wildman–Crippen MR) is 92.3 cm³/mol. The third-order valence-electron chi connectivity index (χ3n) is 3.94. The zero-order valence-corrected chi connectivity index (χ0v) is 12.9. The summed E-state index contributed by atoms with van der Waals surface area (Å²) in [6, 6.07) is 16.7. The van der Waals surface area contributed by atoms with Gasteiger partial charge < -0.3 is 15.1 Å². The number of anilines is 1. The van der Waals surface area contributed by atoms with Gasteiger partial charge in [0.05, 0.1) is 0 Å². The Balaban J connectivity index is 2.27. The summed E-state index contributed by atoms with van der Waals surface area (Å²) in [5.41, 5.74) is 2.68. The van der Waals surface area contributed by atoms with Crippen LogP contribution < -0.4 is 4.90 Å². The van der Waals surface area contributed by atoms with Crippen LogP contribution in [0.4, 0.5) is 5.69 Å². The molecule has 0 spiro atoms. The molecule has 116 valence electrons. The number of carboxylic acid groups (broad SMARTS) is 1. The molecule has 0 saturated heterocycles. The zero-order valence-electron chi connectivity index (χ0n) is 12.9.